The second-order valence-corrected chi connectivity index (χ2v) is 17.1. The van der Waals surface area contributed by atoms with Crippen LogP contribution < -0.4 is 0 Å². The SMILES string of the molecule is CC(C)CCCC(C)CCCC(C)CCCC1(C)OC1CCC1OC1(C)CCCC(C)CCCC(C)CCCC(C)C. The molecule has 0 radical (unpaired) electrons. The summed E-state index contributed by atoms with van der Waals surface area (Å²) in [6.45, 7) is 24.0. The van der Waals surface area contributed by atoms with Crippen molar-refractivity contribution in [1.29, 1.82) is 0 Å². The van der Waals surface area contributed by atoms with Crippen LogP contribution in [-0.2, 0) is 9.47 Å². The standard InChI is InChI=1S/C40H78O2/c1-31(2)17-11-19-33(5)21-13-23-35(7)25-15-29-39(9)37(41-39)27-28-38-40(10,42-38)30-16-26-36(8)24-14-22-34(6)20-12-18-32(3)4/h31-38H,11-30H2,1-10H3. The van der Waals surface area contributed by atoms with Gasteiger partial charge in [0.1, 0.15) is 0 Å². The Labute approximate surface area is 265 Å². The van der Waals surface area contributed by atoms with Gasteiger partial charge in [-0.1, -0.05) is 158 Å². The lowest BCUT2D eigenvalue weighted by atomic mass is 9.89. The van der Waals surface area contributed by atoms with Gasteiger partial charge < -0.3 is 9.47 Å². The molecule has 2 nitrogen and oxygen atoms in total. The molecule has 2 fully saturated rings. The van der Waals surface area contributed by atoms with Crippen LogP contribution in [0.5, 0.6) is 0 Å². The molecule has 0 saturated carbocycles. The maximum Gasteiger partial charge on any atom is 0.0920 e. The molecule has 0 aromatic heterocycles. The lowest BCUT2D eigenvalue weighted by Gasteiger charge is -2.15. The highest BCUT2D eigenvalue weighted by atomic mass is 16.6. The number of hydrogen-bond donors (Lipinski definition) is 0. The van der Waals surface area contributed by atoms with Crippen LogP contribution in [-0.4, -0.2) is 23.4 Å². The minimum absolute atomic E-state index is 0.150. The monoisotopic (exact) mass is 591 g/mol. The molecule has 0 amide bonds. The van der Waals surface area contributed by atoms with Gasteiger partial charge in [-0.15, -0.1) is 0 Å². The third-order valence-corrected chi connectivity index (χ3v) is 11.2. The fraction of sp³-hybridized carbons (Fsp3) is 1.00. The van der Waals surface area contributed by atoms with Gasteiger partial charge in [-0.2, -0.15) is 0 Å². The largest absolute Gasteiger partial charge is 0.366 e. The Morgan fingerprint density at radius 1 is 0.405 bits per heavy atom. The Bertz CT molecular complexity index is 629. The molecule has 8 atom stereocenters. The van der Waals surface area contributed by atoms with Crippen LogP contribution in [0.15, 0.2) is 0 Å². The van der Waals surface area contributed by atoms with Crippen LogP contribution >= 0.6 is 0 Å². The maximum atomic E-state index is 6.24. The minimum atomic E-state index is 0.150. The molecule has 2 heterocycles. The molecule has 0 aromatic rings. The first-order valence-electron chi connectivity index (χ1n) is 19.2. The van der Waals surface area contributed by atoms with Crippen molar-refractivity contribution in [2.45, 2.75) is 221 Å². The Morgan fingerprint density at radius 2 is 0.667 bits per heavy atom. The van der Waals surface area contributed by atoms with Crippen LogP contribution in [0.1, 0.15) is 198 Å². The Balaban J connectivity index is 1.45. The van der Waals surface area contributed by atoms with Crippen molar-refractivity contribution >= 4 is 0 Å². The third kappa shape index (κ3) is 16.3. The van der Waals surface area contributed by atoms with E-state index in [9.17, 15) is 0 Å². The van der Waals surface area contributed by atoms with Crippen molar-refractivity contribution in [2.24, 2.45) is 35.5 Å². The molecule has 0 N–H and O–H groups in total. The third-order valence-electron chi connectivity index (χ3n) is 11.2. The van der Waals surface area contributed by atoms with Crippen LogP contribution in [0.25, 0.3) is 0 Å². The number of rotatable bonds is 27. The van der Waals surface area contributed by atoms with Crippen LogP contribution in [0.3, 0.4) is 0 Å². The van der Waals surface area contributed by atoms with Gasteiger partial charge in [0.2, 0.25) is 0 Å². The molecule has 2 saturated heterocycles. The molecule has 2 heteroatoms. The molecule has 2 rings (SSSR count). The summed E-state index contributed by atoms with van der Waals surface area (Å²) in [4.78, 5) is 0. The van der Waals surface area contributed by atoms with E-state index in [2.05, 4.69) is 69.2 Å². The van der Waals surface area contributed by atoms with Crippen LogP contribution in [0.4, 0.5) is 0 Å². The summed E-state index contributed by atoms with van der Waals surface area (Å²) in [6.07, 6.45) is 28.1. The van der Waals surface area contributed by atoms with Gasteiger partial charge >= 0.3 is 0 Å². The van der Waals surface area contributed by atoms with Gasteiger partial charge in [0, 0.05) is 0 Å². The minimum Gasteiger partial charge on any atom is -0.366 e. The maximum absolute atomic E-state index is 6.24. The molecule has 2 aliphatic heterocycles. The van der Waals surface area contributed by atoms with Gasteiger partial charge in [-0.05, 0) is 75.0 Å². The van der Waals surface area contributed by atoms with Crippen LogP contribution in [0, 0.1) is 35.5 Å². The quantitative estimate of drug-likeness (QED) is 0.0889. The smallest absolute Gasteiger partial charge is 0.0920 e. The first-order chi connectivity index (χ1) is 19.8. The van der Waals surface area contributed by atoms with E-state index in [0.717, 1.165) is 35.5 Å². The van der Waals surface area contributed by atoms with Gasteiger partial charge in [-0.3, -0.25) is 0 Å². The van der Waals surface area contributed by atoms with E-state index >= 15 is 0 Å². The van der Waals surface area contributed by atoms with Gasteiger partial charge in [0.05, 0.1) is 23.4 Å². The number of hydrogen-bond acceptors (Lipinski definition) is 2. The Hall–Kier alpha value is -0.0800. The van der Waals surface area contributed by atoms with E-state index in [4.69, 9.17) is 9.47 Å². The van der Waals surface area contributed by atoms with Crippen molar-refractivity contribution in [1.82, 2.24) is 0 Å². The van der Waals surface area contributed by atoms with E-state index in [0.29, 0.717) is 12.2 Å². The first-order valence-corrected chi connectivity index (χ1v) is 19.2. The summed E-state index contributed by atoms with van der Waals surface area (Å²) < 4.78 is 12.5. The average Bonchev–Trinajstić information content (AvgIpc) is 3.75. The highest BCUT2D eigenvalue weighted by molar-refractivity contribution is 5.03. The summed E-state index contributed by atoms with van der Waals surface area (Å²) in [5, 5.41) is 0. The molecule has 8 unspecified atom stereocenters. The molecule has 0 aromatic carbocycles. The average molecular weight is 591 g/mol. The van der Waals surface area contributed by atoms with Crippen molar-refractivity contribution in [3.05, 3.63) is 0 Å². The fourth-order valence-corrected chi connectivity index (χ4v) is 7.61. The molecule has 0 spiro atoms. The predicted molar refractivity (Wildman–Crippen MR) is 185 cm³/mol. The van der Waals surface area contributed by atoms with E-state index in [1.54, 1.807) is 0 Å². The zero-order chi connectivity index (χ0) is 31.2. The molecule has 0 bridgehead atoms. The van der Waals surface area contributed by atoms with Gasteiger partial charge in [-0.25, -0.2) is 0 Å². The summed E-state index contributed by atoms with van der Waals surface area (Å²) in [5.74, 6) is 5.25. The van der Waals surface area contributed by atoms with E-state index in [-0.39, 0.29) is 11.2 Å². The van der Waals surface area contributed by atoms with Crippen molar-refractivity contribution in [3.8, 4) is 0 Å². The predicted octanol–water partition coefficient (Wildman–Crippen LogP) is 13.0. The topological polar surface area (TPSA) is 25.1 Å². The summed E-state index contributed by atoms with van der Waals surface area (Å²) in [6, 6.07) is 0. The summed E-state index contributed by atoms with van der Waals surface area (Å²) >= 11 is 0. The zero-order valence-corrected chi connectivity index (χ0v) is 30.6. The molecule has 42 heavy (non-hydrogen) atoms. The van der Waals surface area contributed by atoms with Gasteiger partial charge in [0.25, 0.3) is 0 Å². The Kier molecular flexibility index (Phi) is 17.6. The van der Waals surface area contributed by atoms with Gasteiger partial charge in [0.15, 0.2) is 0 Å². The second-order valence-electron chi connectivity index (χ2n) is 17.1. The van der Waals surface area contributed by atoms with Crippen LogP contribution in [0.2, 0.25) is 0 Å². The highest BCUT2D eigenvalue weighted by Crippen LogP contribution is 2.48. The lowest BCUT2D eigenvalue weighted by molar-refractivity contribution is 0.273. The fourth-order valence-electron chi connectivity index (χ4n) is 7.61. The first kappa shape index (κ1) is 38.1. The molecular formula is C40H78O2. The van der Waals surface area contributed by atoms with E-state index < -0.39 is 0 Å². The van der Waals surface area contributed by atoms with Crippen molar-refractivity contribution in [2.75, 3.05) is 0 Å². The lowest BCUT2D eigenvalue weighted by Crippen LogP contribution is -2.14. The number of ether oxygens (including phenoxy) is 2. The summed E-state index contributed by atoms with van der Waals surface area (Å²) in [5.41, 5.74) is 0.300. The normalized spacial score (nSPS) is 28.3. The zero-order valence-electron chi connectivity index (χ0n) is 30.6. The molecule has 0 aliphatic carbocycles. The summed E-state index contributed by atoms with van der Waals surface area (Å²) in [7, 11) is 0. The molecular weight excluding hydrogens is 512 g/mol. The van der Waals surface area contributed by atoms with E-state index in [1.165, 1.54) is 128 Å². The Morgan fingerprint density at radius 3 is 0.952 bits per heavy atom. The second kappa shape index (κ2) is 19.4. The van der Waals surface area contributed by atoms with E-state index in [1.807, 2.05) is 0 Å². The van der Waals surface area contributed by atoms with Crippen molar-refractivity contribution < 1.29 is 9.47 Å². The molecule has 2 aliphatic rings. The molecule has 250 valence electrons. The highest BCUT2D eigenvalue weighted by Gasteiger charge is 2.55. The number of epoxide rings is 2. The van der Waals surface area contributed by atoms with Crippen molar-refractivity contribution in [3.63, 3.8) is 0 Å².